The number of amides is 1. The third-order valence-electron chi connectivity index (χ3n) is 3.77. The Balaban J connectivity index is 1.81. The molecule has 2 aromatic rings. The van der Waals surface area contributed by atoms with E-state index < -0.39 is 10.0 Å². The van der Waals surface area contributed by atoms with Gasteiger partial charge in [0.05, 0.1) is 23.0 Å². The van der Waals surface area contributed by atoms with E-state index in [1.165, 1.54) is 27.8 Å². The van der Waals surface area contributed by atoms with Crippen molar-refractivity contribution in [1.29, 1.82) is 0 Å². The minimum atomic E-state index is -3.58. The summed E-state index contributed by atoms with van der Waals surface area (Å²) in [4.78, 5) is 13.1. The van der Waals surface area contributed by atoms with E-state index in [0.717, 1.165) is 5.56 Å². The highest BCUT2D eigenvalue weighted by molar-refractivity contribution is 7.89. The smallest absolute Gasteiger partial charge is 0.265 e. The lowest BCUT2D eigenvalue weighted by molar-refractivity contribution is 0.0730. The van der Waals surface area contributed by atoms with E-state index in [-0.39, 0.29) is 10.8 Å². The van der Waals surface area contributed by atoms with E-state index >= 15 is 0 Å². The van der Waals surface area contributed by atoms with Gasteiger partial charge in [-0.2, -0.15) is 4.31 Å². The third kappa shape index (κ3) is 3.51. The van der Waals surface area contributed by atoms with Crippen molar-refractivity contribution >= 4 is 33.0 Å². The van der Waals surface area contributed by atoms with Crippen LogP contribution in [0.4, 0.5) is 5.69 Å². The molecule has 1 N–H and O–H groups in total. The highest BCUT2D eigenvalue weighted by atomic mass is 32.2. The van der Waals surface area contributed by atoms with Crippen molar-refractivity contribution in [3.8, 4) is 0 Å². The number of thiophene rings is 1. The summed E-state index contributed by atoms with van der Waals surface area (Å²) in [5, 5.41) is 4.62. The average Bonchev–Trinajstić information content (AvgIpc) is 3.02. The molecule has 0 bridgehead atoms. The van der Waals surface area contributed by atoms with Gasteiger partial charge < -0.3 is 10.1 Å². The number of nitrogens with one attached hydrogen (secondary N) is 1. The lowest BCUT2D eigenvalue weighted by atomic mass is 10.2. The van der Waals surface area contributed by atoms with Crippen molar-refractivity contribution < 1.29 is 17.9 Å². The molecule has 1 aromatic heterocycles. The Hall–Kier alpha value is -1.74. The average molecular weight is 366 g/mol. The van der Waals surface area contributed by atoms with Crippen molar-refractivity contribution in [3.63, 3.8) is 0 Å². The van der Waals surface area contributed by atoms with Crippen LogP contribution in [0.15, 0.2) is 40.6 Å². The number of anilines is 1. The highest BCUT2D eigenvalue weighted by Crippen LogP contribution is 2.22. The van der Waals surface area contributed by atoms with Crippen LogP contribution in [-0.2, 0) is 14.8 Å². The molecule has 1 saturated heterocycles. The minimum Gasteiger partial charge on any atom is -0.379 e. The summed E-state index contributed by atoms with van der Waals surface area (Å²) in [7, 11) is -3.58. The first-order valence-electron chi connectivity index (χ1n) is 7.52. The van der Waals surface area contributed by atoms with Crippen LogP contribution < -0.4 is 5.32 Å². The third-order valence-corrected chi connectivity index (χ3v) is 6.68. The molecule has 2 heterocycles. The standard InChI is InChI=1S/C16H18N2O4S2/c1-12-5-10-23-15(12)16(19)17-13-3-2-4-14(11-13)24(20,21)18-6-8-22-9-7-18/h2-5,10-11H,6-9H2,1H3,(H,17,19). The van der Waals surface area contributed by atoms with Crippen LogP contribution in [0.3, 0.4) is 0 Å². The van der Waals surface area contributed by atoms with Gasteiger partial charge in [0.2, 0.25) is 10.0 Å². The molecule has 0 aliphatic carbocycles. The van der Waals surface area contributed by atoms with Crippen LogP contribution in [0.2, 0.25) is 0 Å². The van der Waals surface area contributed by atoms with Gasteiger partial charge in [-0.1, -0.05) is 6.07 Å². The fourth-order valence-electron chi connectivity index (χ4n) is 2.46. The number of carbonyl (C=O) groups is 1. The Morgan fingerprint density at radius 2 is 2.00 bits per heavy atom. The number of hydrogen-bond acceptors (Lipinski definition) is 5. The second-order valence-corrected chi connectivity index (χ2v) is 8.29. The van der Waals surface area contributed by atoms with E-state index in [9.17, 15) is 13.2 Å². The summed E-state index contributed by atoms with van der Waals surface area (Å²) < 4.78 is 31.9. The predicted octanol–water partition coefficient (Wildman–Crippen LogP) is 2.33. The summed E-state index contributed by atoms with van der Waals surface area (Å²) >= 11 is 1.36. The van der Waals surface area contributed by atoms with Crippen LogP contribution in [0.1, 0.15) is 15.2 Å². The molecule has 0 radical (unpaired) electrons. The second kappa shape index (κ2) is 7.02. The summed E-state index contributed by atoms with van der Waals surface area (Å²) in [6, 6.07) is 8.21. The normalized spacial score (nSPS) is 16.0. The Morgan fingerprint density at radius 1 is 1.25 bits per heavy atom. The van der Waals surface area contributed by atoms with Gasteiger partial charge in [-0.05, 0) is 42.1 Å². The number of benzene rings is 1. The number of morpholine rings is 1. The molecule has 0 unspecified atom stereocenters. The monoisotopic (exact) mass is 366 g/mol. The molecule has 1 aliphatic rings. The van der Waals surface area contributed by atoms with E-state index in [1.54, 1.807) is 12.1 Å². The molecule has 0 saturated carbocycles. The number of aryl methyl sites for hydroxylation is 1. The van der Waals surface area contributed by atoms with Gasteiger partial charge in [0.25, 0.3) is 5.91 Å². The quantitative estimate of drug-likeness (QED) is 0.901. The number of rotatable bonds is 4. The van der Waals surface area contributed by atoms with Gasteiger partial charge in [0.1, 0.15) is 0 Å². The van der Waals surface area contributed by atoms with Crippen molar-refractivity contribution in [3.05, 3.63) is 46.2 Å². The highest BCUT2D eigenvalue weighted by Gasteiger charge is 2.26. The maximum absolute atomic E-state index is 12.7. The molecule has 24 heavy (non-hydrogen) atoms. The molecule has 128 valence electrons. The van der Waals surface area contributed by atoms with Crippen molar-refractivity contribution in [2.45, 2.75) is 11.8 Å². The summed E-state index contributed by atoms with van der Waals surface area (Å²) in [5.74, 6) is -0.233. The molecular weight excluding hydrogens is 348 g/mol. The number of sulfonamides is 1. The van der Waals surface area contributed by atoms with Crippen molar-refractivity contribution in [2.24, 2.45) is 0 Å². The largest absolute Gasteiger partial charge is 0.379 e. The van der Waals surface area contributed by atoms with E-state index in [0.29, 0.717) is 36.9 Å². The zero-order chi connectivity index (χ0) is 17.2. The fraction of sp³-hybridized carbons (Fsp3) is 0.312. The van der Waals surface area contributed by atoms with Crippen molar-refractivity contribution in [2.75, 3.05) is 31.6 Å². The Labute approximate surface area is 145 Å². The topological polar surface area (TPSA) is 75.7 Å². The number of carbonyl (C=O) groups excluding carboxylic acids is 1. The summed E-state index contributed by atoms with van der Waals surface area (Å²) in [5.41, 5.74) is 1.36. The zero-order valence-corrected chi connectivity index (χ0v) is 14.8. The first kappa shape index (κ1) is 17.1. The minimum absolute atomic E-state index is 0.171. The van der Waals surface area contributed by atoms with Gasteiger partial charge >= 0.3 is 0 Å². The van der Waals surface area contributed by atoms with Crippen LogP contribution in [0.5, 0.6) is 0 Å². The Kier molecular flexibility index (Phi) is 5.00. The van der Waals surface area contributed by atoms with Crippen LogP contribution in [0.25, 0.3) is 0 Å². The molecule has 1 fully saturated rings. The van der Waals surface area contributed by atoms with Gasteiger partial charge in [-0.25, -0.2) is 8.42 Å². The van der Waals surface area contributed by atoms with Crippen LogP contribution in [0, 0.1) is 6.92 Å². The SMILES string of the molecule is Cc1ccsc1C(=O)Nc1cccc(S(=O)(=O)N2CCOCC2)c1. The number of nitrogens with zero attached hydrogens (tertiary/aromatic N) is 1. The number of ether oxygens (including phenoxy) is 1. The molecule has 1 amide bonds. The van der Waals surface area contributed by atoms with Crippen LogP contribution in [-0.4, -0.2) is 44.9 Å². The zero-order valence-electron chi connectivity index (χ0n) is 13.2. The van der Waals surface area contributed by atoms with Crippen molar-refractivity contribution in [1.82, 2.24) is 4.31 Å². The molecule has 8 heteroatoms. The van der Waals surface area contributed by atoms with Gasteiger partial charge in [0.15, 0.2) is 0 Å². The molecule has 6 nitrogen and oxygen atoms in total. The molecular formula is C16H18N2O4S2. The maximum Gasteiger partial charge on any atom is 0.265 e. The predicted molar refractivity (Wildman–Crippen MR) is 93.0 cm³/mol. The molecule has 1 aliphatic heterocycles. The lowest BCUT2D eigenvalue weighted by Crippen LogP contribution is -2.40. The van der Waals surface area contributed by atoms with Gasteiger partial charge in [-0.15, -0.1) is 11.3 Å². The van der Waals surface area contributed by atoms with E-state index in [1.807, 2.05) is 18.4 Å². The molecule has 3 rings (SSSR count). The fourth-order valence-corrected chi connectivity index (χ4v) is 4.74. The number of hydrogen-bond donors (Lipinski definition) is 1. The Morgan fingerprint density at radius 3 is 2.67 bits per heavy atom. The van der Waals surface area contributed by atoms with E-state index in [2.05, 4.69) is 5.32 Å². The second-order valence-electron chi connectivity index (χ2n) is 5.43. The first-order valence-corrected chi connectivity index (χ1v) is 9.84. The first-order chi connectivity index (χ1) is 11.5. The lowest BCUT2D eigenvalue weighted by Gasteiger charge is -2.26. The Bertz CT molecular complexity index is 839. The van der Waals surface area contributed by atoms with Crippen LogP contribution >= 0.6 is 11.3 Å². The van der Waals surface area contributed by atoms with Gasteiger partial charge in [0, 0.05) is 18.8 Å². The van der Waals surface area contributed by atoms with Gasteiger partial charge in [-0.3, -0.25) is 4.79 Å². The summed E-state index contributed by atoms with van der Waals surface area (Å²) in [6.45, 7) is 3.34. The molecule has 0 atom stereocenters. The summed E-state index contributed by atoms with van der Waals surface area (Å²) in [6.07, 6.45) is 0. The van der Waals surface area contributed by atoms with E-state index in [4.69, 9.17) is 4.74 Å². The molecule has 0 spiro atoms. The maximum atomic E-state index is 12.7. The molecule has 1 aromatic carbocycles.